The average molecular weight is 206 g/mol. The van der Waals surface area contributed by atoms with Crippen molar-refractivity contribution in [3.63, 3.8) is 0 Å². The van der Waals surface area contributed by atoms with E-state index in [1.54, 1.807) is 0 Å². The van der Waals surface area contributed by atoms with E-state index >= 15 is 0 Å². The third-order valence-corrected chi connectivity index (χ3v) is 2.92. The van der Waals surface area contributed by atoms with Gasteiger partial charge in [-0.15, -0.1) is 0 Å². The van der Waals surface area contributed by atoms with E-state index in [9.17, 15) is 5.11 Å². The molecule has 1 rings (SSSR count). The van der Waals surface area contributed by atoms with Gasteiger partial charge in [0.2, 0.25) is 0 Å². The van der Waals surface area contributed by atoms with Crippen LogP contribution in [-0.2, 0) is 5.60 Å². The molecule has 2 unspecified atom stereocenters. The van der Waals surface area contributed by atoms with Crippen molar-refractivity contribution < 1.29 is 5.11 Å². The molecule has 1 aromatic rings. The Bertz CT molecular complexity index is 277. The van der Waals surface area contributed by atoms with Gasteiger partial charge in [0.25, 0.3) is 0 Å². The maximum absolute atomic E-state index is 10.4. The third kappa shape index (κ3) is 3.67. The van der Waals surface area contributed by atoms with Crippen molar-refractivity contribution in [1.82, 2.24) is 0 Å². The van der Waals surface area contributed by atoms with Crippen LogP contribution >= 0.6 is 0 Å². The molecule has 0 spiro atoms. The summed E-state index contributed by atoms with van der Waals surface area (Å²) in [7, 11) is 0. The van der Waals surface area contributed by atoms with Crippen LogP contribution < -0.4 is 0 Å². The molecule has 0 aromatic heterocycles. The summed E-state index contributed by atoms with van der Waals surface area (Å²) in [5, 5.41) is 10.4. The second-order valence-electron chi connectivity index (χ2n) is 4.74. The molecule has 1 heteroatoms. The zero-order valence-corrected chi connectivity index (χ0v) is 10.0. The van der Waals surface area contributed by atoms with Gasteiger partial charge in [0, 0.05) is 0 Å². The lowest BCUT2D eigenvalue weighted by atomic mass is 9.85. The normalized spacial score (nSPS) is 17.1. The van der Waals surface area contributed by atoms with Gasteiger partial charge >= 0.3 is 0 Å². The SMILES string of the molecule is CCCC(C)CC(C)(O)c1ccccc1. The zero-order valence-electron chi connectivity index (χ0n) is 10.0. The second kappa shape index (κ2) is 5.32. The lowest BCUT2D eigenvalue weighted by Gasteiger charge is -2.27. The summed E-state index contributed by atoms with van der Waals surface area (Å²) in [6, 6.07) is 9.94. The predicted octanol–water partition coefficient (Wildman–Crippen LogP) is 3.72. The summed E-state index contributed by atoms with van der Waals surface area (Å²) >= 11 is 0. The van der Waals surface area contributed by atoms with Crippen molar-refractivity contribution in [2.24, 2.45) is 5.92 Å². The molecule has 0 aliphatic rings. The van der Waals surface area contributed by atoms with E-state index in [1.165, 1.54) is 12.8 Å². The summed E-state index contributed by atoms with van der Waals surface area (Å²) in [6.07, 6.45) is 3.21. The summed E-state index contributed by atoms with van der Waals surface area (Å²) in [5.74, 6) is 0.574. The quantitative estimate of drug-likeness (QED) is 0.778. The molecule has 0 aliphatic carbocycles. The first-order valence-electron chi connectivity index (χ1n) is 5.84. The van der Waals surface area contributed by atoms with Crippen LogP contribution in [0.4, 0.5) is 0 Å². The van der Waals surface area contributed by atoms with Gasteiger partial charge in [0.05, 0.1) is 5.60 Å². The monoisotopic (exact) mass is 206 g/mol. The molecule has 1 nitrogen and oxygen atoms in total. The summed E-state index contributed by atoms with van der Waals surface area (Å²) in [6.45, 7) is 6.31. The zero-order chi connectivity index (χ0) is 11.3. The average Bonchev–Trinajstić information content (AvgIpc) is 2.18. The van der Waals surface area contributed by atoms with Crippen molar-refractivity contribution in [3.8, 4) is 0 Å². The topological polar surface area (TPSA) is 20.2 Å². The molecular weight excluding hydrogens is 184 g/mol. The minimum Gasteiger partial charge on any atom is -0.385 e. The minimum absolute atomic E-state index is 0.574. The van der Waals surface area contributed by atoms with Gasteiger partial charge < -0.3 is 5.11 Å². The van der Waals surface area contributed by atoms with Crippen LogP contribution in [-0.4, -0.2) is 5.11 Å². The van der Waals surface area contributed by atoms with E-state index < -0.39 is 5.60 Å². The first kappa shape index (κ1) is 12.3. The van der Waals surface area contributed by atoms with E-state index in [0.717, 1.165) is 12.0 Å². The van der Waals surface area contributed by atoms with Crippen LogP contribution in [0.1, 0.15) is 45.6 Å². The van der Waals surface area contributed by atoms with Gasteiger partial charge in [0.15, 0.2) is 0 Å². The Labute approximate surface area is 93.1 Å². The van der Waals surface area contributed by atoms with E-state index in [0.29, 0.717) is 5.92 Å². The predicted molar refractivity (Wildman–Crippen MR) is 64.7 cm³/mol. The van der Waals surface area contributed by atoms with E-state index in [1.807, 2.05) is 37.3 Å². The number of aliphatic hydroxyl groups is 1. The molecule has 0 bridgehead atoms. The van der Waals surface area contributed by atoms with Crippen LogP contribution in [0.25, 0.3) is 0 Å². The molecule has 0 fully saturated rings. The molecule has 1 aromatic carbocycles. The lowest BCUT2D eigenvalue weighted by molar-refractivity contribution is 0.0311. The highest BCUT2D eigenvalue weighted by Crippen LogP contribution is 2.29. The van der Waals surface area contributed by atoms with Crippen LogP contribution in [0.2, 0.25) is 0 Å². The molecule has 0 saturated heterocycles. The summed E-state index contributed by atoms with van der Waals surface area (Å²) in [5.41, 5.74) is 0.337. The molecule has 2 atom stereocenters. The molecule has 84 valence electrons. The molecule has 0 saturated carbocycles. The fourth-order valence-corrected chi connectivity index (χ4v) is 2.19. The number of rotatable bonds is 5. The Morgan fingerprint density at radius 1 is 1.27 bits per heavy atom. The maximum Gasteiger partial charge on any atom is 0.0871 e. The summed E-state index contributed by atoms with van der Waals surface area (Å²) < 4.78 is 0. The fourth-order valence-electron chi connectivity index (χ4n) is 2.19. The van der Waals surface area contributed by atoms with Gasteiger partial charge in [-0.2, -0.15) is 0 Å². The fraction of sp³-hybridized carbons (Fsp3) is 0.571. The lowest BCUT2D eigenvalue weighted by Crippen LogP contribution is -2.24. The maximum atomic E-state index is 10.4. The molecule has 15 heavy (non-hydrogen) atoms. The highest BCUT2D eigenvalue weighted by atomic mass is 16.3. The standard InChI is InChI=1S/C14H22O/c1-4-8-12(2)11-14(3,15)13-9-6-5-7-10-13/h5-7,9-10,12,15H,4,8,11H2,1-3H3. The van der Waals surface area contributed by atoms with Crippen molar-refractivity contribution in [1.29, 1.82) is 0 Å². The highest BCUT2D eigenvalue weighted by molar-refractivity contribution is 5.21. The first-order valence-corrected chi connectivity index (χ1v) is 5.84. The Morgan fingerprint density at radius 2 is 1.87 bits per heavy atom. The smallest absolute Gasteiger partial charge is 0.0871 e. The third-order valence-electron chi connectivity index (χ3n) is 2.92. The first-order chi connectivity index (χ1) is 7.06. The van der Waals surface area contributed by atoms with E-state index in [4.69, 9.17) is 0 Å². The second-order valence-corrected chi connectivity index (χ2v) is 4.74. The molecule has 0 radical (unpaired) electrons. The van der Waals surface area contributed by atoms with Crippen LogP contribution in [0.5, 0.6) is 0 Å². The van der Waals surface area contributed by atoms with Crippen LogP contribution in [0.15, 0.2) is 30.3 Å². The molecule has 0 heterocycles. The van der Waals surface area contributed by atoms with E-state index in [2.05, 4.69) is 13.8 Å². The molecule has 1 N–H and O–H groups in total. The Hall–Kier alpha value is -0.820. The molecular formula is C14H22O. The molecule has 0 amide bonds. The van der Waals surface area contributed by atoms with Gasteiger partial charge in [-0.3, -0.25) is 0 Å². The van der Waals surface area contributed by atoms with Gasteiger partial charge in [0.1, 0.15) is 0 Å². The van der Waals surface area contributed by atoms with Crippen LogP contribution in [0, 0.1) is 5.92 Å². The van der Waals surface area contributed by atoms with Crippen molar-refractivity contribution in [2.75, 3.05) is 0 Å². The van der Waals surface area contributed by atoms with E-state index in [-0.39, 0.29) is 0 Å². The highest BCUT2D eigenvalue weighted by Gasteiger charge is 2.24. The largest absolute Gasteiger partial charge is 0.385 e. The Kier molecular flexibility index (Phi) is 4.34. The van der Waals surface area contributed by atoms with Crippen molar-refractivity contribution in [2.45, 2.75) is 45.6 Å². The minimum atomic E-state index is -0.685. The van der Waals surface area contributed by atoms with Crippen LogP contribution in [0.3, 0.4) is 0 Å². The molecule has 0 aliphatic heterocycles. The number of hydrogen-bond acceptors (Lipinski definition) is 1. The number of hydrogen-bond donors (Lipinski definition) is 1. The van der Waals surface area contributed by atoms with Crippen molar-refractivity contribution >= 4 is 0 Å². The van der Waals surface area contributed by atoms with Gasteiger partial charge in [-0.05, 0) is 24.8 Å². The summed E-state index contributed by atoms with van der Waals surface area (Å²) in [4.78, 5) is 0. The van der Waals surface area contributed by atoms with Gasteiger partial charge in [-0.25, -0.2) is 0 Å². The van der Waals surface area contributed by atoms with Crippen molar-refractivity contribution in [3.05, 3.63) is 35.9 Å². The van der Waals surface area contributed by atoms with Gasteiger partial charge in [-0.1, -0.05) is 57.0 Å². The number of benzene rings is 1. The Balaban J connectivity index is 2.67. The Morgan fingerprint density at radius 3 is 2.40 bits per heavy atom.